The molecule has 1 heterocycles. The second kappa shape index (κ2) is 9.22. The van der Waals surface area contributed by atoms with Gasteiger partial charge in [0.05, 0.1) is 16.8 Å². The molecule has 0 aliphatic carbocycles. The van der Waals surface area contributed by atoms with Crippen molar-refractivity contribution in [1.29, 1.82) is 0 Å². The van der Waals surface area contributed by atoms with Crippen molar-refractivity contribution in [1.82, 2.24) is 9.78 Å². The quantitative estimate of drug-likeness (QED) is 0.403. The minimum Gasteiger partial charge on any atom is -0.322 e. The summed E-state index contributed by atoms with van der Waals surface area (Å²) >= 11 is 0. The third kappa shape index (κ3) is 4.98. The molecule has 9 heteroatoms. The number of amides is 2. The Balaban J connectivity index is 1.48. The van der Waals surface area contributed by atoms with Crippen LogP contribution in [0.1, 0.15) is 26.3 Å². The van der Waals surface area contributed by atoms with Crippen LogP contribution in [-0.2, 0) is 13.2 Å². The van der Waals surface area contributed by atoms with E-state index in [4.69, 9.17) is 0 Å². The number of carbonyl (C=O) groups is 2. The Kier molecular flexibility index (Phi) is 6.18. The molecule has 34 heavy (non-hydrogen) atoms. The number of aryl methyl sites for hydroxylation is 1. The van der Waals surface area contributed by atoms with E-state index in [0.29, 0.717) is 28.3 Å². The SMILES string of the molecule is Cn1nc(-c2ccc(NC(=O)c3ccccc3C(F)(F)F)cc2)cc1NC(=O)c1ccccc1. The lowest BCUT2D eigenvalue weighted by atomic mass is 10.1. The van der Waals surface area contributed by atoms with Crippen LogP contribution in [0.4, 0.5) is 24.7 Å². The average molecular weight is 464 g/mol. The highest BCUT2D eigenvalue weighted by Crippen LogP contribution is 2.32. The Labute approximate surface area is 193 Å². The van der Waals surface area contributed by atoms with E-state index in [0.717, 1.165) is 12.1 Å². The maximum atomic E-state index is 13.2. The van der Waals surface area contributed by atoms with Crippen LogP contribution in [-0.4, -0.2) is 21.6 Å². The van der Waals surface area contributed by atoms with Crippen LogP contribution in [0.15, 0.2) is 84.9 Å². The van der Waals surface area contributed by atoms with Crippen LogP contribution in [0.3, 0.4) is 0 Å². The van der Waals surface area contributed by atoms with Gasteiger partial charge >= 0.3 is 6.18 Å². The van der Waals surface area contributed by atoms with E-state index in [1.54, 1.807) is 61.6 Å². The van der Waals surface area contributed by atoms with E-state index < -0.39 is 23.2 Å². The van der Waals surface area contributed by atoms with Gasteiger partial charge < -0.3 is 10.6 Å². The third-order valence-corrected chi connectivity index (χ3v) is 5.07. The lowest BCUT2D eigenvalue weighted by Gasteiger charge is -2.12. The Morgan fingerprint density at radius 2 is 1.47 bits per heavy atom. The van der Waals surface area contributed by atoms with E-state index in [-0.39, 0.29) is 5.91 Å². The molecule has 4 aromatic rings. The second-order valence-corrected chi connectivity index (χ2v) is 7.43. The van der Waals surface area contributed by atoms with E-state index >= 15 is 0 Å². The number of benzene rings is 3. The zero-order valence-electron chi connectivity index (χ0n) is 17.9. The van der Waals surface area contributed by atoms with Crippen LogP contribution in [0.25, 0.3) is 11.3 Å². The molecule has 0 unspecified atom stereocenters. The summed E-state index contributed by atoms with van der Waals surface area (Å²) in [6, 6.07) is 21.6. The zero-order chi connectivity index (χ0) is 24.3. The van der Waals surface area contributed by atoms with Gasteiger partial charge in [0.25, 0.3) is 11.8 Å². The lowest BCUT2D eigenvalue weighted by Crippen LogP contribution is -2.18. The molecule has 0 fully saturated rings. The molecule has 4 rings (SSSR count). The number of hydrogen-bond acceptors (Lipinski definition) is 3. The van der Waals surface area contributed by atoms with E-state index in [1.807, 2.05) is 6.07 Å². The fourth-order valence-corrected chi connectivity index (χ4v) is 3.35. The lowest BCUT2D eigenvalue weighted by molar-refractivity contribution is -0.137. The molecule has 2 amide bonds. The standard InChI is InChI=1S/C25H19F3N4O2/c1-32-22(30-23(33)17-7-3-2-4-8-17)15-21(31-32)16-11-13-18(14-12-16)29-24(34)19-9-5-6-10-20(19)25(26,27)28/h2-15H,1H3,(H,29,34)(H,30,33). The number of rotatable bonds is 5. The zero-order valence-corrected chi connectivity index (χ0v) is 17.9. The average Bonchev–Trinajstić information content (AvgIpc) is 3.19. The summed E-state index contributed by atoms with van der Waals surface area (Å²) in [7, 11) is 1.69. The Morgan fingerprint density at radius 3 is 2.15 bits per heavy atom. The van der Waals surface area contributed by atoms with Gasteiger partial charge in [0, 0.05) is 29.9 Å². The van der Waals surface area contributed by atoms with Gasteiger partial charge in [0.15, 0.2) is 0 Å². The van der Waals surface area contributed by atoms with Crippen molar-refractivity contribution >= 4 is 23.3 Å². The summed E-state index contributed by atoms with van der Waals surface area (Å²) in [5.74, 6) is -0.637. The number of nitrogens with zero attached hydrogens (tertiary/aromatic N) is 2. The van der Waals surface area contributed by atoms with Gasteiger partial charge in [0.1, 0.15) is 5.82 Å². The van der Waals surface area contributed by atoms with Gasteiger partial charge in [-0.25, -0.2) is 0 Å². The van der Waals surface area contributed by atoms with Crippen molar-refractivity contribution in [3.8, 4) is 11.3 Å². The van der Waals surface area contributed by atoms with Crippen molar-refractivity contribution in [3.05, 3.63) is 102 Å². The molecule has 0 atom stereocenters. The maximum Gasteiger partial charge on any atom is 0.417 e. The summed E-state index contributed by atoms with van der Waals surface area (Å²) in [5.41, 5.74) is 0.664. The Morgan fingerprint density at radius 1 is 0.824 bits per heavy atom. The van der Waals surface area contributed by atoms with E-state index in [1.165, 1.54) is 16.8 Å². The summed E-state index contributed by atoms with van der Waals surface area (Å²) in [6.45, 7) is 0. The molecule has 0 saturated carbocycles. The summed E-state index contributed by atoms with van der Waals surface area (Å²) in [5, 5.41) is 9.69. The van der Waals surface area contributed by atoms with Crippen LogP contribution in [0.2, 0.25) is 0 Å². The van der Waals surface area contributed by atoms with Crippen molar-refractivity contribution < 1.29 is 22.8 Å². The number of carbonyl (C=O) groups excluding carboxylic acids is 2. The minimum atomic E-state index is -4.63. The van der Waals surface area contributed by atoms with Crippen molar-refractivity contribution in [3.63, 3.8) is 0 Å². The molecule has 0 aliphatic rings. The number of aromatic nitrogens is 2. The van der Waals surface area contributed by atoms with Crippen molar-refractivity contribution in [2.45, 2.75) is 6.18 Å². The van der Waals surface area contributed by atoms with Crippen LogP contribution in [0.5, 0.6) is 0 Å². The van der Waals surface area contributed by atoms with Crippen LogP contribution >= 0.6 is 0 Å². The van der Waals surface area contributed by atoms with Gasteiger partial charge in [-0.05, 0) is 36.4 Å². The largest absolute Gasteiger partial charge is 0.417 e. The summed E-state index contributed by atoms with van der Waals surface area (Å²) in [4.78, 5) is 24.8. The van der Waals surface area contributed by atoms with Gasteiger partial charge in [-0.1, -0.05) is 42.5 Å². The van der Waals surface area contributed by atoms with Gasteiger partial charge in [-0.3, -0.25) is 14.3 Å². The van der Waals surface area contributed by atoms with Gasteiger partial charge in [0.2, 0.25) is 0 Å². The van der Waals surface area contributed by atoms with E-state index in [9.17, 15) is 22.8 Å². The first-order chi connectivity index (χ1) is 16.2. The van der Waals surface area contributed by atoms with Crippen molar-refractivity contribution in [2.24, 2.45) is 7.05 Å². The summed E-state index contributed by atoms with van der Waals surface area (Å²) in [6.07, 6.45) is -4.63. The number of hydrogen-bond donors (Lipinski definition) is 2. The molecule has 0 aliphatic heterocycles. The molecule has 0 saturated heterocycles. The molecule has 0 spiro atoms. The first-order valence-corrected chi connectivity index (χ1v) is 10.2. The van der Waals surface area contributed by atoms with Crippen LogP contribution < -0.4 is 10.6 Å². The summed E-state index contributed by atoms with van der Waals surface area (Å²) < 4.78 is 41.1. The second-order valence-electron chi connectivity index (χ2n) is 7.43. The Hall–Kier alpha value is -4.40. The normalized spacial score (nSPS) is 11.2. The highest BCUT2D eigenvalue weighted by atomic mass is 19.4. The topological polar surface area (TPSA) is 76.0 Å². The predicted octanol–water partition coefficient (Wildman–Crippen LogP) is 5.61. The number of alkyl halides is 3. The first kappa shape index (κ1) is 22.8. The molecule has 0 bridgehead atoms. The highest BCUT2D eigenvalue weighted by Gasteiger charge is 2.34. The molecular weight excluding hydrogens is 445 g/mol. The van der Waals surface area contributed by atoms with Gasteiger partial charge in [-0.15, -0.1) is 0 Å². The number of anilines is 2. The van der Waals surface area contributed by atoms with Crippen molar-refractivity contribution in [2.75, 3.05) is 10.6 Å². The number of halogens is 3. The molecular formula is C25H19F3N4O2. The highest BCUT2D eigenvalue weighted by molar-refractivity contribution is 6.05. The fourth-order valence-electron chi connectivity index (χ4n) is 3.35. The smallest absolute Gasteiger partial charge is 0.322 e. The minimum absolute atomic E-state index is 0.271. The maximum absolute atomic E-state index is 13.2. The molecule has 3 aromatic carbocycles. The number of nitrogens with one attached hydrogen (secondary N) is 2. The monoisotopic (exact) mass is 464 g/mol. The molecule has 6 nitrogen and oxygen atoms in total. The van der Waals surface area contributed by atoms with Crippen LogP contribution in [0, 0.1) is 0 Å². The third-order valence-electron chi connectivity index (χ3n) is 5.07. The molecule has 2 N–H and O–H groups in total. The fraction of sp³-hybridized carbons (Fsp3) is 0.0800. The van der Waals surface area contributed by atoms with Gasteiger partial charge in [-0.2, -0.15) is 18.3 Å². The molecule has 172 valence electrons. The molecule has 1 aromatic heterocycles. The van der Waals surface area contributed by atoms with E-state index in [2.05, 4.69) is 15.7 Å². The Bertz CT molecular complexity index is 1330. The predicted molar refractivity (Wildman–Crippen MR) is 122 cm³/mol. The first-order valence-electron chi connectivity index (χ1n) is 10.2. The molecule has 0 radical (unpaired) electrons.